The fraction of sp³-hybridized carbons (Fsp3) is 0.440. The molecule has 0 aliphatic carbocycles. The third kappa shape index (κ3) is 5.30. The quantitative estimate of drug-likeness (QED) is 0.586. The molecule has 2 atom stereocenters. The first-order valence-electron chi connectivity index (χ1n) is 11.5. The molecule has 2 amide bonds. The van der Waals surface area contributed by atoms with E-state index in [2.05, 4.69) is 26.3 Å². The highest BCUT2D eigenvalue weighted by atomic mass is 16.6. The largest absolute Gasteiger partial charge is 0.444 e. The topological polar surface area (TPSA) is 103 Å². The Bertz CT molecular complexity index is 1170. The van der Waals surface area contributed by atoms with E-state index in [1.54, 1.807) is 29.1 Å². The highest BCUT2D eigenvalue weighted by Crippen LogP contribution is 2.22. The summed E-state index contributed by atoms with van der Waals surface area (Å²) in [6.07, 6.45) is 5.65. The van der Waals surface area contributed by atoms with Crippen molar-refractivity contribution < 1.29 is 14.3 Å². The monoisotopic (exact) mass is 464 g/mol. The van der Waals surface area contributed by atoms with Gasteiger partial charge < -0.3 is 24.8 Å². The number of anilines is 1. The molecule has 180 valence electrons. The van der Waals surface area contributed by atoms with Crippen LogP contribution in [0.5, 0.6) is 0 Å². The Hall–Kier alpha value is -3.62. The van der Waals surface area contributed by atoms with E-state index in [1.807, 2.05) is 52.2 Å². The van der Waals surface area contributed by atoms with Gasteiger partial charge in [0.05, 0.1) is 17.6 Å². The maximum absolute atomic E-state index is 13.0. The molecule has 1 saturated heterocycles. The van der Waals surface area contributed by atoms with Crippen LogP contribution in [0.3, 0.4) is 0 Å². The van der Waals surface area contributed by atoms with Crippen LogP contribution in [0.2, 0.25) is 0 Å². The lowest BCUT2D eigenvalue weighted by Crippen LogP contribution is -2.42. The van der Waals surface area contributed by atoms with Gasteiger partial charge in [0.25, 0.3) is 5.91 Å². The first-order valence-corrected chi connectivity index (χ1v) is 11.5. The summed E-state index contributed by atoms with van der Waals surface area (Å²) >= 11 is 0. The predicted molar refractivity (Wildman–Crippen MR) is 131 cm³/mol. The highest BCUT2D eigenvalue weighted by Gasteiger charge is 2.33. The summed E-state index contributed by atoms with van der Waals surface area (Å²) in [5, 5.41) is 4.42. The van der Waals surface area contributed by atoms with Crippen molar-refractivity contribution >= 4 is 28.9 Å². The van der Waals surface area contributed by atoms with E-state index in [9.17, 15) is 9.59 Å². The van der Waals surface area contributed by atoms with Crippen LogP contribution in [0, 0.1) is 0 Å². The predicted octanol–water partition coefficient (Wildman–Crippen LogP) is 4.21. The van der Waals surface area contributed by atoms with Crippen LogP contribution >= 0.6 is 0 Å². The zero-order valence-corrected chi connectivity index (χ0v) is 20.3. The molecule has 1 fully saturated rings. The van der Waals surface area contributed by atoms with Crippen molar-refractivity contribution in [3.63, 3.8) is 0 Å². The van der Waals surface area contributed by atoms with Crippen molar-refractivity contribution in [2.24, 2.45) is 0 Å². The average molecular weight is 465 g/mol. The van der Waals surface area contributed by atoms with Gasteiger partial charge in [-0.1, -0.05) is 0 Å². The highest BCUT2D eigenvalue weighted by molar-refractivity contribution is 5.94. The molecule has 0 radical (unpaired) electrons. The van der Waals surface area contributed by atoms with Gasteiger partial charge in [-0.25, -0.2) is 14.8 Å². The lowest BCUT2D eigenvalue weighted by molar-refractivity contribution is 0.0226. The molecule has 1 aliphatic rings. The standard InChI is InChI=1S/C25H32N6O3/c1-16(19-12-17-8-10-26-22(17)28-14-19)29-21-7-6-18(13-27-21)23(32)31-11-9-20(15-31)30(5)24(33)34-25(2,3)4/h6-8,10,12-14,16,20H,9,11,15H2,1-5H3,(H,26,28)(H,27,29)/t16-,20-/m0/s1. The van der Waals surface area contributed by atoms with E-state index in [1.165, 1.54) is 0 Å². The second-order valence-corrected chi connectivity index (χ2v) is 9.77. The Balaban J connectivity index is 1.34. The first kappa shape index (κ1) is 23.5. The van der Waals surface area contributed by atoms with E-state index < -0.39 is 5.60 Å². The lowest BCUT2D eigenvalue weighted by Gasteiger charge is -2.28. The van der Waals surface area contributed by atoms with E-state index >= 15 is 0 Å². The number of nitrogens with zero attached hydrogens (tertiary/aromatic N) is 4. The van der Waals surface area contributed by atoms with Crippen LogP contribution in [0.15, 0.2) is 42.9 Å². The van der Waals surface area contributed by atoms with Crippen LogP contribution in [0.1, 0.15) is 56.1 Å². The molecule has 0 saturated carbocycles. The number of likely N-dealkylation sites (N-methyl/N-ethyl adjacent to an activating group) is 1. The first-order chi connectivity index (χ1) is 16.1. The minimum absolute atomic E-state index is 0.00332. The number of carbonyl (C=O) groups is 2. The molecule has 0 bridgehead atoms. The SMILES string of the molecule is C[C@H](Nc1ccc(C(=O)N2CC[C@H](N(C)C(=O)OC(C)(C)C)C2)cn1)c1cnc2[nH]ccc2c1. The smallest absolute Gasteiger partial charge is 0.410 e. The maximum atomic E-state index is 13.0. The molecular formula is C25H32N6O3. The van der Waals surface area contributed by atoms with Crippen molar-refractivity contribution in [1.29, 1.82) is 0 Å². The van der Waals surface area contributed by atoms with Crippen LogP contribution in [0.25, 0.3) is 11.0 Å². The van der Waals surface area contributed by atoms with Gasteiger partial charge in [-0.3, -0.25) is 4.79 Å². The summed E-state index contributed by atoms with van der Waals surface area (Å²) < 4.78 is 5.45. The fourth-order valence-corrected chi connectivity index (χ4v) is 4.01. The van der Waals surface area contributed by atoms with Gasteiger partial charge in [0.1, 0.15) is 17.1 Å². The molecular weight excluding hydrogens is 432 g/mol. The zero-order valence-electron chi connectivity index (χ0n) is 20.3. The molecule has 3 aromatic heterocycles. The average Bonchev–Trinajstić information content (AvgIpc) is 3.46. The van der Waals surface area contributed by atoms with Gasteiger partial charge >= 0.3 is 6.09 Å². The lowest BCUT2D eigenvalue weighted by atomic mass is 10.1. The number of nitrogens with one attached hydrogen (secondary N) is 2. The van der Waals surface area contributed by atoms with Crippen LogP contribution in [-0.4, -0.2) is 68.5 Å². The molecule has 0 spiro atoms. The summed E-state index contributed by atoms with van der Waals surface area (Å²) in [5.74, 6) is 0.594. The van der Waals surface area contributed by atoms with Gasteiger partial charge in [0.15, 0.2) is 0 Å². The van der Waals surface area contributed by atoms with Crippen molar-refractivity contribution in [3.8, 4) is 0 Å². The number of aromatic amines is 1. The van der Waals surface area contributed by atoms with Crippen LogP contribution in [-0.2, 0) is 4.74 Å². The summed E-state index contributed by atoms with van der Waals surface area (Å²) in [4.78, 5) is 40.7. The van der Waals surface area contributed by atoms with Crippen molar-refractivity contribution in [3.05, 3.63) is 54.0 Å². The number of ether oxygens (including phenoxy) is 1. The number of pyridine rings is 2. The normalized spacial score (nSPS) is 17.0. The molecule has 9 nitrogen and oxygen atoms in total. The summed E-state index contributed by atoms with van der Waals surface area (Å²) in [5.41, 5.74) is 1.88. The Morgan fingerprint density at radius 2 is 2.03 bits per heavy atom. The molecule has 4 rings (SSSR count). The second-order valence-electron chi connectivity index (χ2n) is 9.77. The second kappa shape index (κ2) is 9.32. The number of H-pyrrole nitrogens is 1. The number of hydrogen-bond donors (Lipinski definition) is 2. The van der Waals surface area contributed by atoms with Crippen molar-refractivity contribution in [2.45, 2.75) is 51.8 Å². The summed E-state index contributed by atoms with van der Waals surface area (Å²) in [7, 11) is 1.72. The molecule has 9 heteroatoms. The molecule has 4 heterocycles. The number of carbonyl (C=O) groups excluding carboxylic acids is 2. The number of rotatable bonds is 5. The summed E-state index contributed by atoms with van der Waals surface area (Å²) in [6, 6.07) is 7.61. The molecule has 0 aromatic carbocycles. The van der Waals surface area contributed by atoms with Gasteiger partial charge in [-0.05, 0) is 63.9 Å². The Labute approximate surface area is 199 Å². The maximum Gasteiger partial charge on any atom is 0.410 e. The van der Waals surface area contributed by atoms with Gasteiger partial charge in [-0.2, -0.15) is 0 Å². The van der Waals surface area contributed by atoms with Crippen LogP contribution < -0.4 is 5.32 Å². The van der Waals surface area contributed by atoms with Gasteiger partial charge in [-0.15, -0.1) is 0 Å². The minimum atomic E-state index is -0.552. The van der Waals surface area contributed by atoms with E-state index in [0.29, 0.717) is 30.9 Å². The molecule has 3 aromatic rings. The number of fused-ring (bicyclic) bond motifs is 1. The number of aromatic nitrogens is 3. The Morgan fingerprint density at radius 3 is 2.74 bits per heavy atom. The van der Waals surface area contributed by atoms with Crippen molar-refractivity contribution in [1.82, 2.24) is 24.8 Å². The van der Waals surface area contributed by atoms with E-state index in [-0.39, 0.29) is 24.1 Å². The third-order valence-corrected chi connectivity index (χ3v) is 5.98. The number of likely N-dealkylation sites (tertiary alicyclic amines) is 1. The fourth-order valence-electron chi connectivity index (χ4n) is 4.01. The molecule has 34 heavy (non-hydrogen) atoms. The molecule has 0 unspecified atom stereocenters. The van der Waals surface area contributed by atoms with E-state index in [0.717, 1.165) is 16.6 Å². The Morgan fingerprint density at radius 1 is 1.24 bits per heavy atom. The minimum Gasteiger partial charge on any atom is -0.444 e. The van der Waals surface area contributed by atoms with Gasteiger partial charge in [0.2, 0.25) is 0 Å². The third-order valence-electron chi connectivity index (χ3n) is 5.98. The molecule has 2 N–H and O–H groups in total. The van der Waals surface area contributed by atoms with Crippen LogP contribution in [0.4, 0.5) is 10.6 Å². The van der Waals surface area contributed by atoms with E-state index in [4.69, 9.17) is 4.74 Å². The number of amides is 2. The zero-order chi connectivity index (χ0) is 24.5. The van der Waals surface area contributed by atoms with Crippen molar-refractivity contribution in [2.75, 3.05) is 25.5 Å². The Kier molecular flexibility index (Phi) is 6.45. The van der Waals surface area contributed by atoms with Gasteiger partial charge in [0, 0.05) is 44.1 Å². The summed E-state index contributed by atoms with van der Waals surface area (Å²) in [6.45, 7) is 8.62. The number of hydrogen-bond acceptors (Lipinski definition) is 6. The molecule has 1 aliphatic heterocycles.